The zero-order chi connectivity index (χ0) is 13.5. The van der Waals surface area contributed by atoms with Crippen LogP contribution in [-0.4, -0.2) is 62.0 Å². The third-order valence-corrected chi connectivity index (χ3v) is 2.71. The predicted octanol–water partition coefficient (Wildman–Crippen LogP) is 1.15. The molecule has 0 saturated heterocycles. The molecule has 0 atom stereocenters. The molecule has 0 radical (unpaired) electrons. The largest absolute Gasteiger partial charge is 0.388 e. The van der Waals surface area contributed by atoms with Crippen LogP contribution in [0.15, 0.2) is 18.3 Å². The number of carbonyl (C=O) groups excluding carboxylic acids is 1. The molecule has 0 bridgehead atoms. The molecule has 1 aromatic heterocycles. The van der Waals surface area contributed by atoms with Crippen LogP contribution >= 0.6 is 0 Å². The van der Waals surface area contributed by atoms with E-state index in [0.29, 0.717) is 5.69 Å². The van der Waals surface area contributed by atoms with Crippen LogP contribution in [0.2, 0.25) is 0 Å². The van der Waals surface area contributed by atoms with Crippen molar-refractivity contribution in [3.05, 3.63) is 24.0 Å². The molecular weight excluding hydrogens is 228 g/mol. The van der Waals surface area contributed by atoms with Crippen molar-refractivity contribution in [2.75, 3.05) is 46.6 Å². The second-order valence-electron chi connectivity index (χ2n) is 4.56. The molecule has 5 heteroatoms. The van der Waals surface area contributed by atoms with Gasteiger partial charge in [0.05, 0.1) is 0 Å². The third-order valence-electron chi connectivity index (χ3n) is 2.71. The lowest BCUT2D eigenvalue weighted by molar-refractivity contribution is 0.0785. The van der Waals surface area contributed by atoms with Crippen molar-refractivity contribution in [1.82, 2.24) is 14.8 Å². The van der Waals surface area contributed by atoms with E-state index >= 15 is 0 Å². The maximum atomic E-state index is 12.1. The van der Waals surface area contributed by atoms with E-state index in [-0.39, 0.29) is 5.91 Å². The monoisotopic (exact) mass is 250 g/mol. The van der Waals surface area contributed by atoms with Crippen molar-refractivity contribution < 1.29 is 4.79 Å². The highest BCUT2D eigenvalue weighted by molar-refractivity contribution is 5.92. The van der Waals surface area contributed by atoms with Gasteiger partial charge in [-0.15, -0.1) is 0 Å². The van der Waals surface area contributed by atoms with Gasteiger partial charge in [0.2, 0.25) is 0 Å². The molecule has 0 aliphatic carbocycles. The molecule has 18 heavy (non-hydrogen) atoms. The number of rotatable bonds is 6. The van der Waals surface area contributed by atoms with Gasteiger partial charge >= 0.3 is 0 Å². The third kappa shape index (κ3) is 4.33. The minimum absolute atomic E-state index is 0.0362. The van der Waals surface area contributed by atoms with Crippen LogP contribution in [0.1, 0.15) is 16.9 Å². The van der Waals surface area contributed by atoms with E-state index in [1.165, 1.54) is 0 Å². The number of pyridine rings is 1. The minimum Gasteiger partial charge on any atom is -0.388 e. The first-order valence-electron chi connectivity index (χ1n) is 6.08. The summed E-state index contributed by atoms with van der Waals surface area (Å²) in [4.78, 5) is 20.0. The zero-order valence-electron chi connectivity index (χ0n) is 11.6. The van der Waals surface area contributed by atoms with Gasteiger partial charge in [-0.3, -0.25) is 9.78 Å². The standard InChI is InChI=1S/C13H22N4O/c1-14-11-6-7-15-12(10-11)13(18)17(4)9-5-8-16(2)3/h6-7,10H,5,8-9H2,1-4H3,(H,14,15). The molecule has 0 aliphatic heterocycles. The Labute approximate surface area is 109 Å². The number of nitrogens with one attached hydrogen (secondary N) is 1. The van der Waals surface area contributed by atoms with Gasteiger partial charge in [-0.25, -0.2) is 0 Å². The molecule has 0 aliphatic rings. The molecule has 0 fully saturated rings. The Kier molecular flexibility index (Phi) is 5.58. The van der Waals surface area contributed by atoms with Gasteiger partial charge in [-0.05, 0) is 39.2 Å². The van der Waals surface area contributed by atoms with Gasteiger partial charge in [0.25, 0.3) is 5.91 Å². The fraction of sp³-hybridized carbons (Fsp3) is 0.538. The smallest absolute Gasteiger partial charge is 0.272 e. The summed E-state index contributed by atoms with van der Waals surface area (Å²) in [6.45, 7) is 1.71. The number of aromatic nitrogens is 1. The predicted molar refractivity (Wildman–Crippen MR) is 73.9 cm³/mol. The van der Waals surface area contributed by atoms with Gasteiger partial charge in [0, 0.05) is 32.5 Å². The van der Waals surface area contributed by atoms with Gasteiger partial charge in [-0.1, -0.05) is 0 Å². The Morgan fingerprint density at radius 1 is 1.33 bits per heavy atom. The lowest BCUT2D eigenvalue weighted by atomic mass is 10.2. The first kappa shape index (κ1) is 14.4. The number of nitrogens with zero attached hydrogens (tertiary/aromatic N) is 3. The van der Waals surface area contributed by atoms with E-state index in [1.54, 1.807) is 17.2 Å². The molecule has 0 unspecified atom stereocenters. The summed E-state index contributed by atoms with van der Waals surface area (Å²) in [5.41, 5.74) is 1.38. The molecule has 1 amide bonds. The summed E-state index contributed by atoms with van der Waals surface area (Å²) >= 11 is 0. The van der Waals surface area contributed by atoms with E-state index in [0.717, 1.165) is 25.2 Å². The second kappa shape index (κ2) is 6.96. The molecule has 1 aromatic rings. The maximum Gasteiger partial charge on any atom is 0.272 e. The van der Waals surface area contributed by atoms with Gasteiger partial charge < -0.3 is 15.1 Å². The Bertz CT molecular complexity index is 392. The van der Waals surface area contributed by atoms with Gasteiger partial charge in [-0.2, -0.15) is 0 Å². The van der Waals surface area contributed by atoms with Crippen molar-refractivity contribution in [3.63, 3.8) is 0 Å². The Balaban J connectivity index is 2.56. The Morgan fingerprint density at radius 3 is 2.67 bits per heavy atom. The Hall–Kier alpha value is -1.62. The van der Waals surface area contributed by atoms with E-state index in [4.69, 9.17) is 0 Å². The zero-order valence-corrected chi connectivity index (χ0v) is 11.6. The summed E-state index contributed by atoms with van der Waals surface area (Å²) < 4.78 is 0. The quantitative estimate of drug-likeness (QED) is 0.822. The molecule has 100 valence electrons. The summed E-state index contributed by atoms with van der Waals surface area (Å²) in [5.74, 6) is -0.0362. The second-order valence-corrected chi connectivity index (χ2v) is 4.56. The lowest BCUT2D eigenvalue weighted by Crippen LogP contribution is -2.30. The van der Waals surface area contributed by atoms with Crippen LogP contribution in [-0.2, 0) is 0 Å². The molecule has 5 nitrogen and oxygen atoms in total. The van der Waals surface area contributed by atoms with Crippen LogP contribution in [0.3, 0.4) is 0 Å². The fourth-order valence-electron chi connectivity index (χ4n) is 1.62. The number of hydrogen-bond donors (Lipinski definition) is 1. The highest BCUT2D eigenvalue weighted by atomic mass is 16.2. The van der Waals surface area contributed by atoms with Crippen LogP contribution in [0.25, 0.3) is 0 Å². The highest BCUT2D eigenvalue weighted by Crippen LogP contribution is 2.08. The van der Waals surface area contributed by atoms with Gasteiger partial charge in [0.1, 0.15) is 5.69 Å². The van der Waals surface area contributed by atoms with Crippen molar-refractivity contribution in [2.24, 2.45) is 0 Å². The summed E-state index contributed by atoms with van der Waals surface area (Å²) in [5, 5.41) is 3.00. The normalized spacial score (nSPS) is 10.5. The number of anilines is 1. The molecule has 1 N–H and O–H groups in total. The number of carbonyl (C=O) groups is 1. The summed E-state index contributed by atoms with van der Waals surface area (Å²) in [7, 11) is 7.69. The average Bonchev–Trinajstić information content (AvgIpc) is 2.37. The van der Waals surface area contributed by atoms with Crippen molar-refractivity contribution >= 4 is 11.6 Å². The van der Waals surface area contributed by atoms with E-state index in [9.17, 15) is 4.79 Å². The number of hydrogen-bond acceptors (Lipinski definition) is 4. The number of amides is 1. The molecule has 1 rings (SSSR count). The SMILES string of the molecule is CNc1ccnc(C(=O)N(C)CCCN(C)C)c1. The van der Waals surface area contributed by atoms with Crippen LogP contribution in [0.4, 0.5) is 5.69 Å². The molecule has 0 aromatic carbocycles. The molecule has 0 saturated carbocycles. The van der Waals surface area contributed by atoms with E-state index in [1.807, 2.05) is 34.3 Å². The van der Waals surface area contributed by atoms with Crippen LogP contribution < -0.4 is 5.32 Å². The minimum atomic E-state index is -0.0362. The van der Waals surface area contributed by atoms with Crippen molar-refractivity contribution in [3.8, 4) is 0 Å². The van der Waals surface area contributed by atoms with E-state index < -0.39 is 0 Å². The van der Waals surface area contributed by atoms with Crippen LogP contribution in [0.5, 0.6) is 0 Å². The molecule has 1 heterocycles. The first-order valence-corrected chi connectivity index (χ1v) is 6.08. The maximum absolute atomic E-state index is 12.1. The lowest BCUT2D eigenvalue weighted by Gasteiger charge is -2.18. The Morgan fingerprint density at radius 2 is 2.06 bits per heavy atom. The summed E-state index contributed by atoms with van der Waals surface area (Å²) in [6, 6.07) is 3.60. The molecule has 0 spiro atoms. The summed E-state index contributed by atoms with van der Waals surface area (Å²) in [6.07, 6.45) is 2.60. The fourth-order valence-corrected chi connectivity index (χ4v) is 1.62. The topological polar surface area (TPSA) is 48.5 Å². The van der Waals surface area contributed by atoms with Crippen LogP contribution in [0, 0.1) is 0 Å². The van der Waals surface area contributed by atoms with E-state index in [2.05, 4.69) is 15.2 Å². The average molecular weight is 250 g/mol. The molecular formula is C13H22N4O. The van der Waals surface area contributed by atoms with Crippen molar-refractivity contribution in [1.29, 1.82) is 0 Å². The first-order chi connectivity index (χ1) is 8.54. The van der Waals surface area contributed by atoms with Gasteiger partial charge in [0.15, 0.2) is 0 Å². The highest BCUT2D eigenvalue weighted by Gasteiger charge is 2.12. The van der Waals surface area contributed by atoms with Crippen molar-refractivity contribution in [2.45, 2.75) is 6.42 Å².